The van der Waals surface area contributed by atoms with E-state index in [9.17, 15) is 19.5 Å². The molecule has 3 rings (SSSR count). The zero-order valence-corrected chi connectivity index (χ0v) is 21.0. The van der Waals surface area contributed by atoms with Crippen LogP contribution in [0, 0.1) is 0 Å². The highest BCUT2D eigenvalue weighted by molar-refractivity contribution is 9.10. The Morgan fingerprint density at radius 1 is 0.857 bits per heavy atom. The van der Waals surface area contributed by atoms with E-state index < -0.39 is 30.1 Å². The van der Waals surface area contributed by atoms with Gasteiger partial charge in [-0.3, -0.25) is 4.79 Å². The highest BCUT2D eigenvalue weighted by Gasteiger charge is 2.28. The summed E-state index contributed by atoms with van der Waals surface area (Å²) in [4.78, 5) is 37.5. The number of carbonyl (C=O) groups is 3. The molecule has 0 fully saturated rings. The summed E-state index contributed by atoms with van der Waals surface area (Å²) in [5.74, 6) is -1.86. The molecule has 0 saturated carbocycles. The van der Waals surface area contributed by atoms with Crippen molar-refractivity contribution in [3.63, 3.8) is 0 Å². The second-order valence-corrected chi connectivity index (χ2v) is 9.08. The van der Waals surface area contributed by atoms with Crippen LogP contribution in [0.2, 0.25) is 5.02 Å². The van der Waals surface area contributed by atoms with E-state index in [1.807, 2.05) is 60.7 Å². The highest BCUT2D eigenvalue weighted by Crippen LogP contribution is 2.22. The number of halogens is 2. The number of hydrogen-bond donors (Lipinski definition) is 3. The van der Waals surface area contributed by atoms with E-state index in [4.69, 9.17) is 16.3 Å². The number of nitrogens with one attached hydrogen (secondary N) is 2. The molecule has 0 aliphatic heterocycles. The minimum Gasteiger partial charge on any atom is -0.480 e. The van der Waals surface area contributed by atoms with Crippen LogP contribution in [0.1, 0.15) is 16.7 Å². The highest BCUT2D eigenvalue weighted by atomic mass is 79.9. The van der Waals surface area contributed by atoms with Crippen LogP contribution in [-0.4, -0.2) is 35.2 Å². The lowest BCUT2D eigenvalue weighted by atomic mass is 10.0. The topological polar surface area (TPSA) is 105 Å². The third-order valence-corrected chi connectivity index (χ3v) is 6.16. The molecule has 0 bridgehead atoms. The molecule has 0 aromatic heterocycles. The average Bonchev–Trinajstić information content (AvgIpc) is 2.85. The number of ether oxygens (including phenoxy) is 1. The van der Waals surface area contributed by atoms with Gasteiger partial charge in [-0.2, -0.15) is 0 Å². The van der Waals surface area contributed by atoms with E-state index in [0.29, 0.717) is 15.1 Å². The summed E-state index contributed by atoms with van der Waals surface area (Å²) >= 11 is 9.42. The average molecular weight is 560 g/mol. The molecule has 35 heavy (non-hydrogen) atoms. The second kappa shape index (κ2) is 12.9. The van der Waals surface area contributed by atoms with Crippen molar-refractivity contribution in [1.29, 1.82) is 0 Å². The maximum Gasteiger partial charge on any atom is 0.408 e. The summed E-state index contributed by atoms with van der Waals surface area (Å²) in [6.07, 6.45) is -0.631. The molecule has 3 N–H and O–H groups in total. The molecular weight excluding hydrogens is 536 g/mol. The predicted molar refractivity (Wildman–Crippen MR) is 136 cm³/mol. The van der Waals surface area contributed by atoms with Crippen LogP contribution in [0.5, 0.6) is 0 Å². The van der Waals surface area contributed by atoms with Crippen molar-refractivity contribution in [1.82, 2.24) is 10.6 Å². The normalized spacial score (nSPS) is 12.3. The molecule has 3 aromatic rings. The first-order valence-corrected chi connectivity index (χ1v) is 12.0. The van der Waals surface area contributed by atoms with Crippen molar-refractivity contribution < 1.29 is 24.2 Å². The molecule has 0 aliphatic carbocycles. The van der Waals surface area contributed by atoms with E-state index in [1.165, 1.54) is 0 Å². The summed E-state index contributed by atoms with van der Waals surface area (Å²) in [6, 6.07) is 20.9. The number of rotatable bonds is 10. The Morgan fingerprint density at radius 2 is 1.49 bits per heavy atom. The number of carboxylic acids is 1. The summed E-state index contributed by atoms with van der Waals surface area (Å²) in [6.45, 7) is 0.0346. The molecule has 0 aliphatic rings. The largest absolute Gasteiger partial charge is 0.480 e. The van der Waals surface area contributed by atoms with Crippen LogP contribution in [-0.2, 0) is 33.8 Å². The van der Waals surface area contributed by atoms with Gasteiger partial charge in [0.25, 0.3) is 0 Å². The number of amides is 2. The van der Waals surface area contributed by atoms with Gasteiger partial charge in [-0.15, -0.1) is 0 Å². The maximum atomic E-state index is 13.1. The second-order valence-electron chi connectivity index (χ2n) is 7.79. The van der Waals surface area contributed by atoms with Gasteiger partial charge in [0.05, 0.1) is 0 Å². The van der Waals surface area contributed by atoms with Crippen LogP contribution in [0.4, 0.5) is 4.79 Å². The Bertz CT molecular complexity index is 1160. The number of benzene rings is 3. The summed E-state index contributed by atoms with van der Waals surface area (Å²) < 4.78 is 5.93. The fourth-order valence-electron chi connectivity index (χ4n) is 3.36. The van der Waals surface area contributed by atoms with Crippen LogP contribution >= 0.6 is 27.5 Å². The SMILES string of the molecule is O=C(N[C@H](Cc1ccccc1)C(=O)N[C@H](Cc1cc(Cl)ccc1Br)C(=O)O)OCc1ccccc1. The number of aliphatic carboxylic acids is 1. The van der Waals surface area contributed by atoms with E-state index in [1.54, 1.807) is 18.2 Å². The molecule has 9 heteroatoms. The lowest BCUT2D eigenvalue weighted by molar-refractivity contribution is -0.142. The van der Waals surface area contributed by atoms with Gasteiger partial charge < -0.3 is 20.5 Å². The Hall–Kier alpha value is -3.36. The molecule has 0 radical (unpaired) electrons. The molecule has 7 nitrogen and oxygen atoms in total. The van der Waals surface area contributed by atoms with Gasteiger partial charge in [-0.25, -0.2) is 9.59 Å². The van der Waals surface area contributed by atoms with E-state index in [-0.39, 0.29) is 19.4 Å². The van der Waals surface area contributed by atoms with Gasteiger partial charge in [-0.05, 0) is 34.9 Å². The Labute approximate surface area is 216 Å². The fraction of sp³-hybridized carbons (Fsp3) is 0.192. The monoisotopic (exact) mass is 558 g/mol. The van der Waals surface area contributed by atoms with Crippen LogP contribution in [0.3, 0.4) is 0 Å². The van der Waals surface area contributed by atoms with Gasteiger partial charge in [0.1, 0.15) is 18.7 Å². The minimum atomic E-state index is -1.24. The molecule has 182 valence electrons. The number of hydrogen-bond acceptors (Lipinski definition) is 4. The standard InChI is InChI=1S/C26H24BrClN2O5/c27-21-12-11-20(28)14-19(21)15-23(25(32)33)29-24(31)22(13-17-7-3-1-4-8-17)30-26(34)35-16-18-9-5-2-6-10-18/h1-12,14,22-23H,13,15-16H2,(H,29,31)(H,30,34)(H,32,33)/t22-,23-/m1/s1. The molecule has 0 saturated heterocycles. The van der Waals surface area contributed by atoms with Crippen molar-refractivity contribution in [2.45, 2.75) is 31.5 Å². The third-order valence-electron chi connectivity index (χ3n) is 5.15. The molecule has 0 unspecified atom stereocenters. The summed E-state index contributed by atoms with van der Waals surface area (Å²) in [5, 5.41) is 15.3. The van der Waals surface area contributed by atoms with Gasteiger partial charge >= 0.3 is 12.1 Å². The maximum absolute atomic E-state index is 13.1. The lowest BCUT2D eigenvalue weighted by Gasteiger charge is -2.22. The van der Waals surface area contributed by atoms with Crippen molar-refractivity contribution >= 4 is 45.5 Å². The Kier molecular flexibility index (Phi) is 9.69. The molecule has 2 amide bonds. The quantitative estimate of drug-likeness (QED) is 0.332. The van der Waals surface area contributed by atoms with Gasteiger partial charge in [0.2, 0.25) is 5.91 Å². The minimum absolute atomic E-state index is 0.00126. The van der Waals surface area contributed by atoms with E-state index >= 15 is 0 Å². The van der Waals surface area contributed by atoms with Crippen molar-refractivity contribution in [3.8, 4) is 0 Å². The van der Waals surface area contributed by atoms with Crippen molar-refractivity contribution in [2.24, 2.45) is 0 Å². The van der Waals surface area contributed by atoms with E-state index in [2.05, 4.69) is 26.6 Å². The van der Waals surface area contributed by atoms with Crippen molar-refractivity contribution in [3.05, 3.63) is 105 Å². The third kappa shape index (κ3) is 8.42. The Morgan fingerprint density at radius 3 is 2.11 bits per heavy atom. The van der Waals surface area contributed by atoms with Crippen LogP contribution in [0.25, 0.3) is 0 Å². The summed E-state index contributed by atoms with van der Waals surface area (Å²) in [5.41, 5.74) is 2.21. The van der Waals surface area contributed by atoms with Crippen molar-refractivity contribution in [2.75, 3.05) is 0 Å². The zero-order valence-electron chi connectivity index (χ0n) is 18.6. The molecular formula is C26H24BrClN2O5. The van der Waals surface area contributed by atoms with Gasteiger partial charge in [0.15, 0.2) is 0 Å². The Balaban J connectivity index is 1.71. The first-order valence-electron chi connectivity index (χ1n) is 10.8. The fourth-order valence-corrected chi connectivity index (χ4v) is 3.96. The first kappa shape index (κ1) is 26.2. The lowest BCUT2D eigenvalue weighted by Crippen LogP contribution is -2.53. The van der Waals surface area contributed by atoms with Gasteiger partial charge in [0, 0.05) is 22.3 Å². The molecule has 0 heterocycles. The molecule has 0 spiro atoms. The van der Waals surface area contributed by atoms with Crippen LogP contribution < -0.4 is 10.6 Å². The zero-order chi connectivity index (χ0) is 25.2. The first-order chi connectivity index (χ1) is 16.8. The molecule has 2 atom stereocenters. The smallest absolute Gasteiger partial charge is 0.408 e. The van der Waals surface area contributed by atoms with Crippen LogP contribution in [0.15, 0.2) is 83.3 Å². The van der Waals surface area contributed by atoms with E-state index in [0.717, 1.165) is 11.1 Å². The molecule has 3 aromatic carbocycles. The number of carbonyl (C=O) groups excluding carboxylic acids is 2. The number of alkyl carbamates (subject to hydrolysis) is 1. The predicted octanol–water partition coefficient (Wildman–Crippen LogP) is 4.75. The summed E-state index contributed by atoms with van der Waals surface area (Å²) in [7, 11) is 0. The van der Waals surface area contributed by atoms with Gasteiger partial charge in [-0.1, -0.05) is 88.2 Å². The number of carboxylic acid groups (broad SMARTS) is 1.